The van der Waals surface area contributed by atoms with E-state index in [1.54, 1.807) is 12.4 Å². The normalized spacial score (nSPS) is 12.2. The summed E-state index contributed by atoms with van der Waals surface area (Å²) in [5.41, 5.74) is 2.16. The third kappa shape index (κ3) is 3.01. The number of aryl methyl sites for hydroxylation is 2. The first-order chi connectivity index (χ1) is 10.8. The van der Waals surface area contributed by atoms with Crippen molar-refractivity contribution in [1.82, 2.24) is 14.8 Å². The molecule has 0 saturated heterocycles. The quantitative estimate of drug-likeness (QED) is 0.784. The molecular formula is C18H19N3O. The Bertz CT molecular complexity index is 737. The van der Waals surface area contributed by atoms with Gasteiger partial charge in [-0.2, -0.15) is 0 Å². The fourth-order valence-corrected chi connectivity index (χ4v) is 2.63. The van der Waals surface area contributed by atoms with Gasteiger partial charge in [0.2, 0.25) is 0 Å². The lowest BCUT2D eigenvalue weighted by Crippen LogP contribution is -2.10. The van der Waals surface area contributed by atoms with Gasteiger partial charge in [0.15, 0.2) is 0 Å². The van der Waals surface area contributed by atoms with Crippen LogP contribution in [0.15, 0.2) is 60.9 Å². The van der Waals surface area contributed by atoms with Crippen molar-refractivity contribution in [2.75, 3.05) is 0 Å². The summed E-state index contributed by atoms with van der Waals surface area (Å²) in [6.07, 6.45) is 3.26. The molecule has 0 aliphatic carbocycles. The maximum Gasteiger partial charge on any atom is 0.133 e. The Hall–Kier alpha value is -2.62. The summed E-state index contributed by atoms with van der Waals surface area (Å²) < 4.78 is 2.09. The smallest absolute Gasteiger partial charge is 0.133 e. The van der Waals surface area contributed by atoms with Gasteiger partial charge >= 0.3 is 0 Å². The van der Waals surface area contributed by atoms with Crippen LogP contribution < -0.4 is 0 Å². The predicted octanol–water partition coefficient (Wildman–Crippen LogP) is 3.38. The zero-order valence-electron chi connectivity index (χ0n) is 12.6. The Kier molecular flexibility index (Phi) is 4.19. The third-order valence-electron chi connectivity index (χ3n) is 3.96. The number of phenolic OH excluding ortho intramolecular Hbond substituents is 1. The Morgan fingerprint density at radius 3 is 2.50 bits per heavy atom. The predicted molar refractivity (Wildman–Crippen MR) is 85.8 cm³/mol. The first-order valence-electron chi connectivity index (χ1n) is 7.46. The van der Waals surface area contributed by atoms with Gasteiger partial charge in [0.05, 0.1) is 6.04 Å². The summed E-state index contributed by atoms with van der Waals surface area (Å²) >= 11 is 0. The van der Waals surface area contributed by atoms with E-state index in [0.29, 0.717) is 5.75 Å². The van der Waals surface area contributed by atoms with Gasteiger partial charge < -0.3 is 9.67 Å². The topological polar surface area (TPSA) is 50.9 Å². The first-order valence-corrected chi connectivity index (χ1v) is 7.46. The van der Waals surface area contributed by atoms with Crippen LogP contribution in [0.1, 0.15) is 29.9 Å². The molecule has 0 bridgehead atoms. The Morgan fingerprint density at radius 1 is 1.00 bits per heavy atom. The number of nitrogens with zero attached hydrogens (tertiary/aromatic N) is 3. The summed E-state index contributed by atoms with van der Waals surface area (Å²) in [5.74, 6) is 1.27. The van der Waals surface area contributed by atoms with Crippen molar-refractivity contribution >= 4 is 0 Å². The largest absolute Gasteiger partial charge is 0.508 e. The fourth-order valence-electron chi connectivity index (χ4n) is 2.63. The van der Waals surface area contributed by atoms with E-state index < -0.39 is 0 Å². The van der Waals surface area contributed by atoms with Gasteiger partial charge in [-0.05, 0) is 30.5 Å². The number of benzene rings is 2. The van der Waals surface area contributed by atoms with Gasteiger partial charge in [-0.3, -0.25) is 0 Å². The molecule has 1 unspecified atom stereocenters. The Morgan fingerprint density at radius 2 is 1.73 bits per heavy atom. The van der Waals surface area contributed by atoms with Crippen LogP contribution in [0.25, 0.3) is 0 Å². The third-order valence-corrected chi connectivity index (χ3v) is 3.96. The molecule has 3 aromatic rings. The Balaban J connectivity index is 1.77. The van der Waals surface area contributed by atoms with Crippen molar-refractivity contribution in [3.63, 3.8) is 0 Å². The van der Waals surface area contributed by atoms with Crippen LogP contribution in [-0.4, -0.2) is 19.9 Å². The summed E-state index contributed by atoms with van der Waals surface area (Å²) in [5, 5.41) is 18.1. The molecule has 22 heavy (non-hydrogen) atoms. The lowest BCUT2D eigenvalue weighted by atomic mass is 10.1. The van der Waals surface area contributed by atoms with E-state index >= 15 is 0 Å². The highest BCUT2D eigenvalue weighted by atomic mass is 16.3. The van der Waals surface area contributed by atoms with Gasteiger partial charge in [0, 0.05) is 6.42 Å². The highest BCUT2D eigenvalue weighted by molar-refractivity contribution is 5.32. The van der Waals surface area contributed by atoms with E-state index in [1.807, 2.05) is 36.4 Å². The molecule has 112 valence electrons. The molecule has 0 spiro atoms. The molecule has 4 nitrogen and oxygen atoms in total. The molecule has 0 amide bonds. The van der Waals surface area contributed by atoms with E-state index in [0.717, 1.165) is 24.2 Å². The van der Waals surface area contributed by atoms with Gasteiger partial charge in [0.1, 0.15) is 17.9 Å². The van der Waals surface area contributed by atoms with Gasteiger partial charge in [-0.25, -0.2) is 0 Å². The van der Waals surface area contributed by atoms with Crippen LogP contribution in [-0.2, 0) is 12.8 Å². The maximum atomic E-state index is 9.85. The number of aromatic hydroxyl groups is 1. The standard InChI is InChI=1S/C18H19N3O/c1-14(15-7-3-2-4-8-15)21-13-19-20-18(21)12-11-16-9-5-6-10-17(16)22/h2-10,13-14,22H,11-12H2,1H3. The minimum Gasteiger partial charge on any atom is -0.508 e. The molecule has 1 atom stereocenters. The lowest BCUT2D eigenvalue weighted by Gasteiger charge is -2.16. The van der Waals surface area contributed by atoms with Crippen molar-refractivity contribution in [2.24, 2.45) is 0 Å². The summed E-state index contributed by atoms with van der Waals surface area (Å²) in [4.78, 5) is 0. The van der Waals surface area contributed by atoms with Crippen LogP contribution in [0.2, 0.25) is 0 Å². The van der Waals surface area contributed by atoms with Crippen LogP contribution in [0.4, 0.5) is 0 Å². The molecule has 0 aliphatic rings. The van der Waals surface area contributed by atoms with Crippen LogP contribution in [0.3, 0.4) is 0 Å². The molecule has 0 fully saturated rings. The first kappa shape index (κ1) is 14.3. The molecule has 0 saturated carbocycles. The Labute approximate surface area is 130 Å². The monoisotopic (exact) mass is 293 g/mol. The molecule has 0 aliphatic heterocycles. The van der Waals surface area contributed by atoms with E-state index in [4.69, 9.17) is 0 Å². The van der Waals surface area contributed by atoms with Gasteiger partial charge in [-0.1, -0.05) is 48.5 Å². The van der Waals surface area contributed by atoms with E-state index in [2.05, 4.69) is 33.8 Å². The minimum atomic E-state index is 0.190. The molecule has 2 aromatic carbocycles. The molecule has 1 aromatic heterocycles. The summed E-state index contributed by atoms with van der Waals surface area (Å²) in [6, 6.07) is 17.9. The minimum absolute atomic E-state index is 0.190. The highest BCUT2D eigenvalue weighted by Crippen LogP contribution is 2.21. The number of rotatable bonds is 5. The zero-order chi connectivity index (χ0) is 15.4. The number of aromatic nitrogens is 3. The second kappa shape index (κ2) is 6.43. The number of hydrogen-bond donors (Lipinski definition) is 1. The molecule has 1 N–H and O–H groups in total. The number of phenols is 1. The van der Waals surface area contributed by atoms with E-state index in [1.165, 1.54) is 5.56 Å². The fraction of sp³-hybridized carbons (Fsp3) is 0.222. The van der Waals surface area contributed by atoms with Crippen molar-refractivity contribution < 1.29 is 5.11 Å². The average molecular weight is 293 g/mol. The van der Waals surface area contributed by atoms with Crippen LogP contribution >= 0.6 is 0 Å². The second-order valence-corrected chi connectivity index (χ2v) is 5.37. The molecule has 0 radical (unpaired) electrons. The second-order valence-electron chi connectivity index (χ2n) is 5.37. The maximum absolute atomic E-state index is 9.85. The van der Waals surface area contributed by atoms with Crippen molar-refractivity contribution in [2.45, 2.75) is 25.8 Å². The number of hydrogen-bond acceptors (Lipinski definition) is 3. The van der Waals surface area contributed by atoms with Gasteiger partial charge in [0.25, 0.3) is 0 Å². The summed E-state index contributed by atoms with van der Waals surface area (Å²) in [7, 11) is 0. The van der Waals surface area contributed by atoms with E-state index in [9.17, 15) is 5.11 Å². The molecular weight excluding hydrogens is 274 g/mol. The van der Waals surface area contributed by atoms with Crippen molar-refractivity contribution in [3.8, 4) is 5.75 Å². The van der Waals surface area contributed by atoms with Crippen molar-refractivity contribution in [1.29, 1.82) is 0 Å². The van der Waals surface area contributed by atoms with E-state index in [-0.39, 0.29) is 6.04 Å². The SMILES string of the molecule is CC(c1ccccc1)n1cnnc1CCc1ccccc1O. The van der Waals surface area contributed by atoms with Crippen molar-refractivity contribution in [3.05, 3.63) is 77.9 Å². The molecule has 1 heterocycles. The van der Waals surface area contributed by atoms with Crippen LogP contribution in [0.5, 0.6) is 5.75 Å². The number of para-hydroxylation sites is 1. The zero-order valence-corrected chi connectivity index (χ0v) is 12.6. The summed E-state index contributed by atoms with van der Waals surface area (Å²) in [6.45, 7) is 2.14. The van der Waals surface area contributed by atoms with Gasteiger partial charge in [-0.15, -0.1) is 10.2 Å². The molecule has 4 heteroatoms. The molecule has 3 rings (SSSR count). The average Bonchev–Trinajstić information content (AvgIpc) is 3.03. The highest BCUT2D eigenvalue weighted by Gasteiger charge is 2.13. The van der Waals surface area contributed by atoms with Crippen LogP contribution in [0, 0.1) is 0 Å². The lowest BCUT2D eigenvalue weighted by molar-refractivity contribution is 0.467.